The molecule has 9 heteroatoms. The van der Waals surface area contributed by atoms with Gasteiger partial charge in [-0.1, -0.05) is 12.1 Å². The van der Waals surface area contributed by atoms with Crippen molar-refractivity contribution >= 4 is 21.6 Å². The van der Waals surface area contributed by atoms with Crippen LogP contribution in [0, 0.1) is 11.7 Å². The Morgan fingerprint density at radius 3 is 2.12 bits per heavy atom. The minimum absolute atomic E-state index is 0.125. The van der Waals surface area contributed by atoms with E-state index < -0.39 is 10.0 Å². The van der Waals surface area contributed by atoms with Crippen molar-refractivity contribution in [3.63, 3.8) is 0 Å². The van der Waals surface area contributed by atoms with Gasteiger partial charge in [0, 0.05) is 50.9 Å². The Labute approximate surface area is 194 Å². The first-order valence-electron chi connectivity index (χ1n) is 11.3. The van der Waals surface area contributed by atoms with Gasteiger partial charge in [-0.05, 0) is 54.8 Å². The summed E-state index contributed by atoms with van der Waals surface area (Å²) in [5.41, 5.74) is 1.67. The molecule has 0 radical (unpaired) electrons. The van der Waals surface area contributed by atoms with Gasteiger partial charge in [0.05, 0.1) is 12.9 Å². The summed E-state index contributed by atoms with van der Waals surface area (Å²) in [6.07, 6.45) is 1.06. The molecule has 0 atom stereocenters. The molecule has 2 aliphatic rings. The molecular weight excluding hydrogens is 445 g/mol. The smallest absolute Gasteiger partial charge is 0.225 e. The molecule has 2 aromatic rings. The van der Waals surface area contributed by atoms with E-state index in [1.54, 1.807) is 7.11 Å². The molecule has 0 saturated carbocycles. The minimum atomic E-state index is -3.50. The highest BCUT2D eigenvalue weighted by Gasteiger charge is 2.34. The number of anilines is 1. The molecule has 2 saturated heterocycles. The number of amides is 1. The second kappa shape index (κ2) is 10.1. The fourth-order valence-corrected chi connectivity index (χ4v) is 6.06. The molecular formula is C24H30FN3O4S. The Morgan fingerprint density at radius 1 is 0.939 bits per heavy atom. The molecule has 0 unspecified atom stereocenters. The van der Waals surface area contributed by atoms with Crippen LogP contribution in [0.4, 0.5) is 10.1 Å². The van der Waals surface area contributed by atoms with Crippen LogP contribution < -0.4 is 9.64 Å². The first kappa shape index (κ1) is 23.5. The lowest BCUT2D eigenvalue weighted by molar-refractivity contribution is -0.137. The van der Waals surface area contributed by atoms with Crippen LogP contribution in [-0.4, -0.2) is 69.9 Å². The maximum absolute atomic E-state index is 13.1. The summed E-state index contributed by atoms with van der Waals surface area (Å²) in [5, 5.41) is 0. The van der Waals surface area contributed by atoms with Gasteiger partial charge >= 0.3 is 0 Å². The van der Waals surface area contributed by atoms with Gasteiger partial charge in [0.25, 0.3) is 0 Å². The lowest BCUT2D eigenvalue weighted by atomic mass is 9.96. The number of hydrogen-bond donors (Lipinski definition) is 0. The Hall–Kier alpha value is -2.65. The van der Waals surface area contributed by atoms with Gasteiger partial charge in [-0.15, -0.1) is 0 Å². The van der Waals surface area contributed by atoms with Crippen molar-refractivity contribution in [3.05, 3.63) is 59.9 Å². The van der Waals surface area contributed by atoms with Crippen LogP contribution in [0.5, 0.6) is 5.75 Å². The van der Waals surface area contributed by atoms with Gasteiger partial charge in [0.2, 0.25) is 15.9 Å². The molecule has 7 nitrogen and oxygen atoms in total. The fourth-order valence-electron chi connectivity index (χ4n) is 4.50. The number of ether oxygens (including phenoxy) is 1. The quantitative estimate of drug-likeness (QED) is 0.643. The molecule has 33 heavy (non-hydrogen) atoms. The van der Waals surface area contributed by atoms with E-state index in [0.717, 1.165) is 24.5 Å². The predicted molar refractivity (Wildman–Crippen MR) is 125 cm³/mol. The molecule has 0 N–H and O–H groups in total. The van der Waals surface area contributed by atoms with Crippen LogP contribution in [0.25, 0.3) is 0 Å². The van der Waals surface area contributed by atoms with Crippen molar-refractivity contribution in [1.82, 2.24) is 9.21 Å². The number of piperazine rings is 1. The third kappa shape index (κ3) is 5.65. The zero-order valence-corrected chi connectivity index (χ0v) is 19.6. The van der Waals surface area contributed by atoms with Gasteiger partial charge in [-0.25, -0.2) is 17.1 Å². The van der Waals surface area contributed by atoms with Gasteiger partial charge in [-0.2, -0.15) is 0 Å². The predicted octanol–water partition coefficient (Wildman–Crippen LogP) is 2.72. The first-order valence-corrected chi connectivity index (χ1v) is 12.9. The number of halogens is 1. The standard InChI is InChI=1S/C24H30FN3O4S/c1-32-23-8-6-22(7-9-23)26-14-16-27(17-15-26)24(29)20-10-12-28(13-11-20)33(30,31)18-19-2-4-21(25)5-3-19/h2-9,20H,10-18H2,1H3. The topological polar surface area (TPSA) is 70.2 Å². The monoisotopic (exact) mass is 475 g/mol. The molecule has 2 aliphatic heterocycles. The molecule has 0 spiro atoms. The van der Waals surface area contributed by atoms with Crippen molar-refractivity contribution in [2.45, 2.75) is 18.6 Å². The van der Waals surface area contributed by atoms with Crippen molar-refractivity contribution in [3.8, 4) is 5.75 Å². The Morgan fingerprint density at radius 2 is 1.55 bits per heavy atom. The largest absolute Gasteiger partial charge is 0.497 e. The zero-order valence-electron chi connectivity index (χ0n) is 18.8. The number of methoxy groups -OCH3 is 1. The first-order chi connectivity index (χ1) is 15.9. The van der Waals surface area contributed by atoms with Crippen LogP contribution in [0.1, 0.15) is 18.4 Å². The van der Waals surface area contributed by atoms with Crippen molar-refractivity contribution in [1.29, 1.82) is 0 Å². The van der Waals surface area contributed by atoms with Crippen LogP contribution in [-0.2, 0) is 20.6 Å². The average Bonchev–Trinajstić information content (AvgIpc) is 2.85. The van der Waals surface area contributed by atoms with E-state index in [2.05, 4.69) is 4.90 Å². The molecule has 0 aromatic heterocycles. The fraction of sp³-hybridized carbons (Fsp3) is 0.458. The van der Waals surface area contributed by atoms with E-state index >= 15 is 0 Å². The van der Waals surface area contributed by atoms with Crippen LogP contribution in [0.15, 0.2) is 48.5 Å². The van der Waals surface area contributed by atoms with Gasteiger partial charge in [0.15, 0.2) is 0 Å². The summed E-state index contributed by atoms with van der Waals surface area (Å²) in [6, 6.07) is 13.4. The number of carbonyl (C=O) groups is 1. The molecule has 178 valence electrons. The number of carbonyl (C=O) groups excluding carboxylic acids is 1. The van der Waals surface area contributed by atoms with E-state index in [4.69, 9.17) is 4.74 Å². The summed E-state index contributed by atoms with van der Waals surface area (Å²) in [6.45, 7) is 3.53. The number of rotatable bonds is 6. The number of sulfonamides is 1. The summed E-state index contributed by atoms with van der Waals surface area (Å²) < 4.78 is 45.3. The van der Waals surface area contributed by atoms with Crippen molar-refractivity contribution in [2.24, 2.45) is 5.92 Å². The number of hydrogen-bond acceptors (Lipinski definition) is 5. The third-order valence-electron chi connectivity index (χ3n) is 6.49. The summed E-state index contributed by atoms with van der Waals surface area (Å²) in [7, 11) is -1.85. The maximum Gasteiger partial charge on any atom is 0.225 e. The van der Waals surface area contributed by atoms with Gasteiger partial charge in [0.1, 0.15) is 11.6 Å². The summed E-state index contributed by atoms with van der Waals surface area (Å²) in [4.78, 5) is 17.2. The van der Waals surface area contributed by atoms with E-state index in [-0.39, 0.29) is 23.4 Å². The zero-order chi connectivity index (χ0) is 23.4. The van der Waals surface area contributed by atoms with Crippen LogP contribution >= 0.6 is 0 Å². The van der Waals surface area contributed by atoms with Gasteiger partial charge in [-0.3, -0.25) is 4.79 Å². The molecule has 2 fully saturated rings. The molecule has 2 heterocycles. The van der Waals surface area contributed by atoms with E-state index in [0.29, 0.717) is 44.6 Å². The highest BCUT2D eigenvalue weighted by molar-refractivity contribution is 7.88. The summed E-state index contributed by atoms with van der Waals surface area (Å²) >= 11 is 0. The van der Waals surface area contributed by atoms with Gasteiger partial charge < -0.3 is 14.5 Å². The third-order valence-corrected chi connectivity index (χ3v) is 8.34. The van der Waals surface area contributed by atoms with Crippen LogP contribution in [0.3, 0.4) is 0 Å². The molecule has 0 aliphatic carbocycles. The van der Waals surface area contributed by atoms with E-state index in [1.807, 2.05) is 29.2 Å². The van der Waals surface area contributed by atoms with E-state index in [1.165, 1.54) is 28.6 Å². The second-order valence-electron chi connectivity index (χ2n) is 8.57. The van der Waals surface area contributed by atoms with Crippen molar-refractivity contribution in [2.75, 3.05) is 51.3 Å². The van der Waals surface area contributed by atoms with E-state index in [9.17, 15) is 17.6 Å². The highest BCUT2D eigenvalue weighted by Crippen LogP contribution is 2.25. The SMILES string of the molecule is COc1ccc(N2CCN(C(=O)C3CCN(S(=O)(=O)Cc4ccc(F)cc4)CC3)CC2)cc1. The lowest BCUT2D eigenvalue weighted by Crippen LogP contribution is -2.52. The highest BCUT2D eigenvalue weighted by atomic mass is 32.2. The second-order valence-corrected chi connectivity index (χ2v) is 10.5. The summed E-state index contributed by atoms with van der Waals surface area (Å²) in [5.74, 6) is 0.257. The van der Waals surface area contributed by atoms with Crippen molar-refractivity contribution < 1.29 is 22.3 Å². The normalized spacial score (nSPS) is 18.4. The number of benzene rings is 2. The maximum atomic E-state index is 13.1. The molecule has 0 bridgehead atoms. The number of piperidine rings is 1. The Bertz CT molecular complexity index is 1040. The Balaban J connectivity index is 1.26. The minimum Gasteiger partial charge on any atom is -0.497 e. The lowest BCUT2D eigenvalue weighted by Gasteiger charge is -2.39. The molecule has 1 amide bonds. The Kier molecular flexibility index (Phi) is 7.19. The average molecular weight is 476 g/mol. The van der Waals surface area contributed by atoms with Crippen LogP contribution in [0.2, 0.25) is 0 Å². The molecule has 4 rings (SSSR count). The molecule has 2 aromatic carbocycles. The number of nitrogens with zero attached hydrogens (tertiary/aromatic N) is 3.